The Hall–Kier alpha value is -2.78. The van der Waals surface area contributed by atoms with E-state index in [1.807, 2.05) is 0 Å². The van der Waals surface area contributed by atoms with Gasteiger partial charge in [0.25, 0.3) is 17.7 Å². The second-order valence-electron chi connectivity index (χ2n) is 5.72. The quantitative estimate of drug-likeness (QED) is 0.672. The van der Waals surface area contributed by atoms with Crippen molar-refractivity contribution in [1.82, 2.24) is 4.90 Å². The predicted molar refractivity (Wildman–Crippen MR) is 101 cm³/mol. The van der Waals surface area contributed by atoms with E-state index in [-0.39, 0.29) is 26.9 Å². The van der Waals surface area contributed by atoms with Gasteiger partial charge < -0.3 is 20.7 Å². The van der Waals surface area contributed by atoms with Crippen LogP contribution in [0.5, 0.6) is 0 Å². The third-order valence-corrected chi connectivity index (χ3v) is 4.78. The van der Waals surface area contributed by atoms with E-state index in [0.717, 1.165) is 17.4 Å². The van der Waals surface area contributed by atoms with Crippen molar-refractivity contribution in [2.75, 3.05) is 32.6 Å². The van der Waals surface area contributed by atoms with E-state index in [0.29, 0.717) is 19.6 Å². The van der Waals surface area contributed by atoms with E-state index >= 15 is 0 Å². The normalized spacial score (nSPS) is 10.5. The van der Waals surface area contributed by atoms with Gasteiger partial charge in [0.05, 0.1) is 16.0 Å². The fourth-order valence-electron chi connectivity index (χ4n) is 2.32. The first kappa shape index (κ1) is 20.5. The van der Waals surface area contributed by atoms with Crippen LogP contribution in [0, 0.1) is 5.82 Å². The third-order valence-electron chi connectivity index (χ3n) is 3.74. The number of methoxy groups -OCH3 is 1. The van der Waals surface area contributed by atoms with Crippen LogP contribution in [-0.4, -0.2) is 49.9 Å². The van der Waals surface area contributed by atoms with Crippen molar-refractivity contribution in [3.05, 3.63) is 52.2 Å². The molecule has 0 fully saturated rings. The minimum Gasteiger partial charge on any atom is -0.385 e. The molecular weight excluding hydrogens is 373 g/mol. The lowest BCUT2D eigenvalue weighted by Gasteiger charge is -2.15. The molecule has 0 radical (unpaired) electrons. The number of nitrogens with one attached hydrogen (secondary N) is 1. The highest BCUT2D eigenvalue weighted by Gasteiger charge is 2.22. The molecular formula is C18H20FN3O4S. The van der Waals surface area contributed by atoms with Gasteiger partial charge in [0.1, 0.15) is 10.8 Å². The highest BCUT2D eigenvalue weighted by Crippen LogP contribution is 2.29. The molecule has 1 aromatic heterocycles. The molecule has 3 N–H and O–H groups in total. The summed E-state index contributed by atoms with van der Waals surface area (Å²) < 4.78 is 18.7. The lowest BCUT2D eigenvalue weighted by atomic mass is 10.2. The SMILES string of the molecule is COCCCN(C)C(=O)c1cc(C(N)=O)c(NC(=O)c2ccccc2F)s1. The van der Waals surface area contributed by atoms with Crippen molar-refractivity contribution in [1.29, 1.82) is 0 Å². The Morgan fingerprint density at radius 2 is 1.96 bits per heavy atom. The molecule has 0 aliphatic heterocycles. The number of amides is 3. The number of nitrogens with two attached hydrogens (primary N) is 1. The van der Waals surface area contributed by atoms with E-state index in [2.05, 4.69) is 5.32 Å². The Balaban J connectivity index is 2.22. The van der Waals surface area contributed by atoms with Crippen LogP contribution in [0.3, 0.4) is 0 Å². The molecule has 7 nitrogen and oxygen atoms in total. The van der Waals surface area contributed by atoms with Crippen LogP contribution in [0.25, 0.3) is 0 Å². The molecule has 3 amide bonds. The molecule has 144 valence electrons. The van der Waals surface area contributed by atoms with Crippen LogP contribution < -0.4 is 11.1 Å². The molecule has 0 saturated carbocycles. The number of rotatable bonds is 8. The monoisotopic (exact) mass is 393 g/mol. The summed E-state index contributed by atoms with van der Waals surface area (Å²) in [6.07, 6.45) is 0.656. The fourth-order valence-corrected chi connectivity index (χ4v) is 3.38. The first-order valence-electron chi connectivity index (χ1n) is 8.09. The Bertz CT molecular complexity index is 853. The third kappa shape index (κ3) is 5.11. The zero-order valence-corrected chi connectivity index (χ0v) is 15.8. The first-order valence-corrected chi connectivity index (χ1v) is 8.90. The van der Waals surface area contributed by atoms with Gasteiger partial charge in [-0.15, -0.1) is 11.3 Å². The van der Waals surface area contributed by atoms with E-state index in [4.69, 9.17) is 10.5 Å². The minimum atomic E-state index is -0.795. The van der Waals surface area contributed by atoms with Crippen LogP contribution in [0.15, 0.2) is 30.3 Å². The van der Waals surface area contributed by atoms with Crippen molar-refractivity contribution < 1.29 is 23.5 Å². The maximum absolute atomic E-state index is 13.8. The molecule has 2 rings (SSSR count). The summed E-state index contributed by atoms with van der Waals surface area (Å²) in [7, 11) is 3.20. The number of thiophene rings is 1. The standard InChI is InChI=1S/C18H20FN3O4S/c1-22(8-5-9-26-2)18(25)14-10-12(15(20)23)17(27-14)21-16(24)11-6-3-4-7-13(11)19/h3-4,6-7,10H,5,8-9H2,1-2H3,(H2,20,23)(H,21,24). The summed E-state index contributed by atoms with van der Waals surface area (Å²) in [5.41, 5.74) is 5.17. The molecule has 0 aliphatic carbocycles. The van der Waals surface area contributed by atoms with Gasteiger partial charge in [0.15, 0.2) is 0 Å². The largest absolute Gasteiger partial charge is 0.385 e. The van der Waals surface area contributed by atoms with Crippen molar-refractivity contribution in [2.45, 2.75) is 6.42 Å². The number of carbonyl (C=O) groups excluding carboxylic acids is 3. The maximum atomic E-state index is 13.8. The Kier molecular flexibility index (Phi) is 7.03. The number of hydrogen-bond donors (Lipinski definition) is 2. The summed E-state index contributed by atoms with van der Waals surface area (Å²) >= 11 is 0.915. The average Bonchev–Trinajstić information content (AvgIpc) is 3.05. The van der Waals surface area contributed by atoms with Crippen LogP contribution in [0.4, 0.5) is 9.39 Å². The Labute approximate surface area is 159 Å². The van der Waals surface area contributed by atoms with Crippen molar-refractivity contribution in [3.8, 4) is 0 Å². The summed E-state index contributed by atoms with van der Waals surface area (Å²) in [5.74, 6) is -2.53. The van der Waals surface area contributed by atoms with Gasteiger partial charge in [0.2, 0.25) is 0 Å². The van der Waals surface area contributed by atoms with Gasteiger partial charge in [-0.2, -0.15) is 0 Å². The molecule has 0 bridgehead atoms. The van der Waals surface area contributed by atoms with Crippen LogP contribution in [0.2, 0.25) is 0 Å². The van der Waals surface area contributed by atoms with Gasteiger partial charge >= 0.3 is 0 Å². The molecule has 0 atom stereocenters. The number of ether oxygens (including phenoxy) is 1. The first-order chi connectivity index (χ1) is 12.8. The van der Waals surface area contributed by atoms with Gasteiger partial charge in [-0.3, -0.25) is 14.4 Å². The molecule has 9 heteroatoms. The molecule has 0 spiro atoms. The summed E-state index contributed by atoms with van der Waals surface area (Å²) in [5, 5.41) is 2.56. The molecule has 27 heavy (non-hydrogen) atoms. The fraction of sp³-hybridized carbons (Fsp3) is 0.278. The van der Waals surface area contributed by atoms with Gasteiger partial charge in [-0.05, 0) is 24.6 Å². The molecule has 0 unspecified atom stereocenters. The summed E-state index contributed by atoms with van der Waals surface area (Å²) in [6, 6.07) is 6.78. The number of primary amides is 1. The van der Waals surface area contributed by atoms with Crippen LogP contribution in [0.1, 0.15) is 36.8 Å². The Morgan fingerprint density at radius 1 is 1.26 bits per heavy atom. The second-order valence-corrected chi connectivity index (χ2v) is 6.78. The van der Waals surface area contributed by atoms with Crippen molar-refractivity contribution >= 4 is 34.1 Å². The van der Waals surface area contributed by atoms with Gasteiger partial charge in [-0.25, -0.2) is 4.39 Å². The van der Waals surface area contributed by atoms with E-state index in [9.17, 15) is 18.8 Å². The molecule has 0 aliphatic rings. The second kappa shape index (κ2) is 9.24. The lowest BCUT2D eigenvalue weighted by Crippen LogP contribution is -2.27. The van der Waals surface area contributed by atoms with Crippen LogP contribution in [-0.2, 0) is 4.74 Å². The summed E-state index contributed by atoms with van der Waals surface area (Å²) in [4.78, 5) is 38.2. The number of benzene rings is 1. The molecule has 2 aromatic rings. The number of carbonyl (C=O) groups is 3. The highest BCUT2D eigenvalue weighted by molar-refractivity contribution is 7.18. The van der Waals surface area contributed by atoms with Crippen LogP contribution >= 0.6 is 11.3 Å². The number of halogens is 1. The smallest absolute Gasteiger partial charge is 0.263 e. The topological polar surface area (TPSA) is 102 Å². The predicted octanol–water partition coefficient (Wildman–Crippen LogP) is 2.35. The molecule has 0 saturated heterocycles. The molecule has 1 heterocycles. The zero-order valence-electron chi connectivity index (χ0n) is 15.0. The number of anilines is 1. The van der Waals surface area contributed by atoms with E-state index < -0.39 is 17.6 Å². The van der Waals surface area contributed by atoms with E-state index in [1.165, 1.54) is 29.2 Å². The van der Waals surface area contributed by atoms with Gasteiger partial charge in [-0.1, -0.05) is 12.1 Å². The van der Waals surface area contributed by atoms with E-state index in [1.54, 1.807) is 14.2 Å². The Morgan fingerprint density at radius 3 is 2.59 bits per heavy atom. The van der Waals surface area contributed by atoms with Crippen molar-refractivity contribution in [3.63, 3.8) is 0 Å². The number of nitrogens with zero attached hydrogens (tertiary/aromatic N) is 1. The molecule has 1 aromatic carbocycles. The lowest BCUT2D eigenvalue weighted by molar-refractivity contribution is 0.0783. The zero-order chi connectivity index (χ0) is 20.0. The van der Waals surface area contributed by atoms with Crippen molar-refractivity contribution in [2.24, 2.45) is 5.73 Å². The summed E-state index contributed by atoms with van der Waals surface area (Å²) in [6.45, 7) is 0.978. The average molecular weight is 393 g/mol. The number of hydrogen-bond acceptors (Lipinski definition) is 5. The highest BCUT2D eigenvalue weighted by atomic mass is 32.1. The maximum Gasteiger partial charge on any atom is 0.263 e. The van der Waals surface area contributed by atoms with Gasteiger partial charge in [0, 0.05) is 27.3 Å². The minimum absolute atomic E-state index is 0.00155.